The summed E-state index contributed by atoms with van der Waals surface area (Å²) in [5.41, 5.74) is 0.736. The largest absolute Gasteiger partial charge is 0.326 e. The summed E-state index contributed by atoms with van der Waals surface area (Å²) in [4.78, 5) is 28.2. The van der Waals surface area contributed by atoms with E-state index in [1.165, 1.54) is 11.8 Å². The lowest BCUT2D eigenvalue weighted by Gasteiger charge is -2.07. The molecule has 1 aliphatic rings. The molecule has 1 fully saturated rings. The second kappa shape index (κ2) is 7.26. The Hall–Kier alpha value is -1.82. The van der Waals surface area contributed by atoms with E-state index in [1.807, 2.05) is 44.2 Å². The third kappa shape index (κ3) is 4.60. The summed E-state index contributed by atoms with van der Waals surface area (Å²) in [6.07, 6.45) is 1.06. The summed E-state index contributed by atoms with van der Waals surface area (Å²) < 4.78 is 0. The normalized spacial score (nSPS) is 21.1. The number of hydrogen-bond acceptors (Lipinski definition) is 4. The molecule has 6 heteroatoms. The number of thioether (sulfide) groups is 1. The van der Waals surface area contributed by atoms with Gasteiger partial charge in [-0.1, -0.05) is 36.9 Å². The summed E-state index contributed by atoms with van der Waals surface area (Å²) in [6, 6.07) is 9.39. The van der Waals surface area contributed by atoms with Crippen molar-refractivity contribution in [3.05, 3.63) is 30.3 Å². The SMILES string of the molecule is CC[C@H](C)N=C1NC(=O)[C@@H](CC(=O)Nc2ccccc2)S1. The highest BCUT2D eigenvalue weighted by Crippen LogP contribution is 2.23. The van der Waals surface area contributed by atoms with Crippen LogP contribution in [0, 0.1) is 0 Å². The molecule has 0 spiro atoms. The summed E-state index contributed by atoms with van der Waals surface area (Å²) in [7, 11) is 0. The van der Waals surface area contributed by atoms with Crippen molar-refractivity contribution in [3.8, 4) is 0 Å². The van der Waals surface area contributed by atoms with Crippen LogP contribution in [0.5, 0.6) is 0 Å². The molecule has 2 amide bonds. The maximum atomic E-state index is 12.0. The molecule has 1 aromatic carbocycles. The van der Waals surface area contributed by atoms with Crippen LogP contribution in [0.2, 0.25) is 0 Å². The fraction of sp³-hybridized carbons (Fsp3) is 0.400. The van der Waals surface area contributed by atoms with Gasteiger partial charge in [-0.25, -0.2) is 0 Å². The molecule has 1 aromatic rings. The van der Waals surface area contributed by atoms with Gasteiger partial charge in [-0.05, 0) is 25.5 Å². The van der Waals surface area contributed by atoms with Gasteiger partial charge in [0.1, 0.15) is 5.25 Å². The second-order valence-corrected chi connectivity index (χ2v) is 6.10. The van der Waals surface area contributed by atoms with Gasteiger partial charge in [0.15, 0.2) is 5.17 Å². The Labute approximate surface area is 128 Å². The van der Waals surface area contributed by atoms with Crippen LogP contribution in [-0.2, 0) is 9.59 Å². The van der Waals surface area contributed by atoms with Crippen molar-refractivity contribution < 1.29 is 9.59 Å². The van der Waals surface area contributed by atoms with Crippen molar-refractivity contribution in [1.29, 1.82) is 0 Å². The Bertz CT molecular complexity index is 545. The molecule has 1 saturated heterocycles. The van der Waals surface area contributed by atoms with Gasteiger partial charge in [-0.15, -0.1) is 0 Å². The molecule has 0 bridgehead atoms. The Morgan fingerprint density at radius 1 is 1.43 bits per heavy atom. The van der Waals surface area contributed by atoms with Gasteiger partial charge >= 0.3 is 0 Å². The molecule has 5 nitrogen and oxygen atoms in total. The zero-order valence-electron chi connectivity index (χ0n) is 12.1. The minimum atomic E-state index is -0.406. The number of carbonyl (C=O) groups is 2. The van der Waals surface area contributed by atoms with E-state index in [2.05, 4.69) is 15.6 Å². The lowest BCUT2D eigenvalue weighted by Crippen LogP contribution is -2.28. The Balaban J connectivity index is 1.90. The van der Waals surface area contributed by atoms with Crippen LogP contribution in [-0.4, -0.2) is 28.3 Å². The molecule has 0 aliphatic carbocycles. The molecule has 0 radical (unpaired) electrons. The molecule has 112 valence electrons. The lowest BCUT2D eigenvalue weighted by atomic mass is 10.2. The molecule has 1 aliphatic heterocycles. The van der Waals surface area contributed by atoms with Gasteiger partial charge in [0, 0.05) is 18.2 Å². The zero-order chi connectivity index (χ0) is 15.2. The van der Waals surface area contributed by atoms with Crippen LogP contribution in [0.3, 0.4) is 0 Å². The molecular weight excluding hydrogens is 286 g/mol. The number of amides is 2. The van der Waals surface area contributed by atoms with Crippen LogP contribution in [0.1, 0.15) is 26.7 Å². The first kappa shape index (κ1) is 15.6. The second-order valence-electron chi connectivity index (χ2n) is 4.91. The molecule has 1 heterocycles. The van der Waals surface area contributed by atoms with Crippen LogP contribution >= 0.6 is 11.8 Å². The average molecular weight is 305 g/mol. The van der Waals surface area contributed by atoms with Crippen LogP contribution < -0.4 is 10.6 Å². The Kier molecular flexibility index (Phi) is 5.38. The molecular formula is C15H19N3O2S. The molecule has 21 heavy (non-hydrogen) atoms. The summed E-state index contributed by atoms with van der Waals surface area (Å²) in [6.45, 7) is 4.04. The summed E-state index contributed by atoms with van der Waals surface area (Å²) in [5.74, 6) is -0.316. The number of para-hydroxylation sites is 1. The van der Waals surface area contributed by atoms with E-state index in [9.17, 15) is 9.59 Å². The minimum absolute atomic E-state index is 0.144. The lowest BCUT2D eigenvalue weighted by molar-refractivity contribution is -0.122. The topological polar surface area (TPSA) is 70.6 Å². The number of benzene rings is 1. The van der Waals surface area contributed by atoms with E-state index in [4.69, 9.17) is 0 Å². The average Bonchev–Trinajstić information content (AvgIpc) is 2.79. The van der Waals surface area contributed by atoms with Gasteiger partial charge in [0.25, 0.3) is 0 Å². The van der Waals surface area contributed by atoms with E-state index in [0.29, 0.717) is 5.17 Å². The molecule has 0 aromatic heterocycles. The third-order valence-electron chi connectivity index (χ3n) is 3.13. The Morgan fingerprint density at radius 3 is 2.81 bits per heavy atom. The standard InChI is InChI=1S/C15H19N3O2S/c1-3-10(2)16-15-18-14(20)12(21-15)9-13(19)17-11-7-5-4-6-8-11/h4-8,10,12H,3,9H2,1-2H3,(H,17,19)(H,16,18,20)/t10-,12+/m0/s1. The van der Waals surface area contributed by atoms with E-state index in [1.54, 1.807) is 0 Å². The number of carbonyl (C=O) groups excluding carboxylic acids is 2. The third-order valence-corrected chi connectivity index (χ3v) is 4.23. The van der Waals surface area contributed by atoms with Crippen molar-refractivity contribution in [1.82, 2.24) is 5.32 Å². The smallest absolute Gasteiger partial charge is 0.240 e. The predicted octanol–water partition coefficient (Wildman–Crippen LogP) is 2.40. The maximum Gasteiger partial charge on any atom is 0.240 e. The van der Waals surface area contributed by atoms with Crippen molar-refractivity contribution in [3.63, 3.8) is 0 Å². The molecule has 2 atom stereocenters. The maximum absolute atomic E-state index is 12.0. The number of hydrogen-bond donors (Lipinski definition) is 2. The fourth-order valence-corrected chi connectivity index (χ4v) is 2.86. The number of rotatable bonds is 5. The van der Waals surface area contributed by atoms with E-state index < -0.39 is 5.25 Å². The van der Waals surface area contributed by atoms with E-state index in [-0.39, 0.29) is 24.3 Å². The summed E-state index contributed by atoms with van der Waals surface area (Å²) in [5, 5.41) is 5.73. The summed E-state index contributed by atoms with van der Waals surface area (Å²) >= 11 is 1.33. The number of anilines is 1. The fourth-order valence-electron chi connectivity index (χ4n) is 1.79. The molecule has 2 N–H and O–H groups in total. The number of aliphatic imine (C=N–C) groups is 1. The molecule has 0 unspecified atom stereocenters. The minimum Gasteiger partial charge on any atom is -0.326 e. The highest BCUT2D eigenvalue weighted by molar-refractivity contribution is 8.15. The van der Waals surface area contributed by atoms with Crippen molar-refractivity contribution >= 4 is 34.4 Å². The van der Waals surface area contributed by atoms with Gasteiger partial charge in [0.2, 0.25) is 11.8 Å². The first-order chi connectivity index (χ1) is 10.1. The zero-order valence-corrected chi connectivity index (χ0v) is 12.9. The predicted molar refractivity (Wildman–Crippen MR) is 86.4 cm³/mol. The number of amidine groups is 1. The molecule has 2 rings (SSSR count). The highest BCUT2D eigenvalue weighted by atomic mass is 32.2. The van der Waals surface area contributed by atoms with Crippen LogP contribution in [0.25, 0.3) is 0 Å². The van der Waals surface area contributed by atoms with Crippen molar-refractivity contribution in [2.45, 2.75) is 38.0 Å². The van der Waals surface area contributed by atoms with Gasteiger partial charge < -0.3 is 10.6 Å². The van der Waals surface area contributed by atoms with Gasteiger partial charge in [-0.3, -0.25) is 14.6 Å². The van der Waals surface area contributed by atoms with Crippen molar-refractivity contribution in [2.24, 2.45) is 4.99 Å². The number of nitrogens with one attached hydrogen (secondary N) is 2. The monoisotopic (exact) mass is 305 g/mol. The van der Waals surface area contributed by atoms with Crippen LogP contribution in [0.15, 0.2) is 35.3 Å². The molecule has 0 saturated carbocycles. The quantitative estimate of drug-likeness (QED) is 0.877. The first-order valence-electron chi connectivity index (χ1n) is 6.98. The first-order valence-corrected chi connectivity index (χ1v) is 7.86. The number of nitrogens with zero attached hydrogens (tertiary/aromatic N) is 1. The van der Waals surface area contributed by atoms with Gasteiger partial charge in [-0.2, -0.15) is 0 Å². The van der Waals surface area contributed by atoms with E-state index in [0.717, 1.165) is 12.1 Å². The van der Waals surface area contributed by atoms with Gasteiger partial charge in [0.05, 0.1) is 0 Å². The van der Waals surface area contributed by atoms with Crippen molar-refractivity contribution in [2.75, 3.05) is 5.32 Å². The Morgan fingerprint density at radius 2 is 2.14 bits per heavy atom. The van der Waals surface area contributed by atoms with Crippen LogP contribution in [0.4, 0.5) is 5.69 Å². The highest BCUT2D eigenvalue weighted by Gasteiger charge is 2.32. The van der Waals surface area contributed by atoms with E-state index >= 15 is 0 Å².